The lowest BCUT2D eigenvalue weighted by molar-refractivity contribution is -0.142. The molecule has 0 aliphatic heterocycles. The van der Waals surface area contributed by atoms with E-state index >= 15 is 0 Å². The van der Waals surface area contributed by atoms with Crippen LogP contribution in [0.1, 0.15) is 37.8 Å². The van der Waals surface area contributed by atoms with E-state index in [2.05, 4.69) is 12.2 Å². The second-order valence-electron chi connectivity index (χ2n) is 7.29. The Morgan fingerprint density at radius 3 is 2.27 bits per heavy atom. The van der Waals surface area contributed by atoms with Crippen molar-refractivity contribution < 1.29 is 19.1 Å². The van der Waals surface area contributed by atoms with Gasteiger partial charge < -0.3 is 19.7 Å². The molecule has 162 valence electrons. The predicted octanol–water partition coefficient (Wildman–Crippen LogP) is 3.72. The molecule has 30 heavy (non-hydrogen) atoms. The molecule has 0 unspecified atom stereocenters. The number of hydrogen-bond acceptors (Lipinski definition) is 4. The number of methoxy groups -OCH3 is 1. The summed E-state index contributed by atoms with van der Waals surface area (Å²) >= 11 is 0. The highest BCUT2D eigenvalue weighted by molar-refractivity contribution is 5.87. The highest BCUT2D eigenvalue weighted by Crippen LogP contribution is 2.18. The summed E-state index contributed by atoms with van der Waals surface area (Å²) in [5, 5.41) is 2.91. The minimum Gasteiger partial charge on any atom is -0.497 e. The third kappa shape index (κ3) is 7.10. The van der Waals surface area contributed by atoms with Gasteiger partial charge in [-0.2, -0.15) is 0 Å². The van der Waals surface area contributed by atoms with Crippen LogP contribution in [0, 0.1) is 6.92 Å². The third-order valence-corrected chi connectivity index (χ3v) is 4.89. The zero-order valence-electron chi connectivity index (χ0n) is 18.3. The standard InChI is InChI=1S/C24H32N2O4/c1-5-6-15-25-24(28)19(3)26(16-20-9-7-18(2)8-10-20)23(27)17-30-22-13-11-21(29-4)12-14-22/h7-14,19H,5-6,15-17H2,1-4H3,(H,25,28)/t19-/m1/s1. The van der Waals surface area contributed by atoms with Crippen molar-refractivity contribution in [1.29, 1.82) is 0 Å². The summed E-state index contributed by atoms with van der Waals surface area (Å²) in [5.41, 5.74) is 2.11. The van der Waals surface area contributed by atoms with E-state index in [-0.39, 0.29) is 18.4 Å². The molecule has 6 nitrogen and oxygen atoms in total. The van der Waals surface area contributed by atoms with Gasteiger partial charge >= 0.3 is 0 Å². The lowest BCUT2D eigenvalue weighted by Crippen LogP contribution is -2.49. The first-order valence-electron chi connectivity index (χ1n) is 10.3. The zero-order valence-corrected chi connectivity index (χ0v) is 18.3. The zero-order chi connectivity index (χ0) is 21.9. The van der Waals surface area contributed by atoms with Crippen LogP contribution < -0.4 is 14.8 Å². The van der Waals surface area contributed by atoms with E-state index in [4.69, 9.17) is 9.47 Å². The summed E-state index contributed by atoms with van der Waals surface area (Å²) in [5.74, 6) is 0.879. The number of carbonyl (C=O) groups excluding carboxylic acids is 2. The number of nitrogens with zero attached hydrogens (tertiary/aromatic N) is 1. The second-order valence-corrected chi connectivity index (χ2v) is 7.29. The summed E-state index contributed by atoms with van der Waals surface area (Å²) in [6.45, 7) is 6.63. The fourth-order valence-corrected chi connectivity index (χ4v) is 2.91. The van der Waals surface area contributed by atoms with E-state index in [0.29, 0.717) is 24.6 Å². The Morgan fingerprint density at radius 2 is 1.67 bits per heavy atom. The minimum absolute atomic E-state index is 0.148. The van der Waals surface area contributed by atoms with E-state index in [9.17, 15) is 9.59 Å². The molecule has 0 saturated heterocycles. The SMILES string of the molecule is CCCCNC(=O)[C@@H](C)N(Cc1ccc(C)cc1)C(=O)COc1ccc(OC)cc1. The Bertz CT molecular complexity index is 803. The first-order valence-corrected chi connectivity index (χ1v) is 10.3. The first-order chi connectivity index (χ1) is 14.4. The van der Waals surface area contributed by atoms with Crippen LogP contribution in [-0.2, 0) is 16.1 Å². The number of rotatable bonds is 11. The Morgan fingerprint density at radius 1 is 1.03 bits per heavy atom. The number of amides is 2. The molecule has 0 bridgehead atoms. The number of ether oxygens (including phenoxy) is 2. The largest absolute Gasteiger partial charge is 0.497 e. The van der Waals surface area contributed by atoms with Crippen LogP contribution in [0.15, 0.2) is 48.5 Å². The van der Waals surface area contributed by atoms with Gasteiger partial charge in [0.25, 0.3) is 5.91 Å². The van der Waals surface area contributed by atoms with Crippen LogP contribution in [0.25, 0.3) is 0 Å². The van der Waals surface area contributed by atoms with Crippen molar-refractivity contribution in [2.75, 3.05) is 20.3 Å². The minimum atomic E-state index is -0.602. The van der Waals surface area contributed by atoms with Crippen molar-refractivity contribution in [3.8, 4) is 11.5 Å². The van der Waals surface area contributed by atoms with Gasteiger partial charge in [0.1, 0.15) is 17.5 Å². The highest BCUT2D eigenvalue weighted by Gasteiger charge is 2.26. The number of benzene rings is 2. The summed E-state index contributed by atoms with van der Waals surface area (Å²) in [6.07, 6.45) is 1.90. The van der Waals surface area contributed by atoms with E-state index in [1.807, 2.05) is 31.2 Å². The van der Waals surface area contributed by atoms with Crippen molar-refractivity contribution in [2.24, 2.45) is 0 Å². The van der Waals surface area contributed by atoms with E-state index < -0.39 is 6.04 Å². The fourth-order valence-electron chi connectivity index (χ4n) is 2.91. The molecule has 0 radical (unpaired) electrons. The van der Waals surface area contributed by atoms with Crippen LogP contribution >= 0.6 is 0 Å². The normalized spacial score (nSPS) is 11.5. The topological polar surface area (TPSA) is 67.9 Å². The lowest BCUT2D eigenvalue weighted by atomic mass is 10.1. The van der Waals surface area contributed by atoms with E-state index in [1.165, 1.54) is 0 Å². The molecule has 0 aromatic heterocycles. The van der Waals surface area contributed by atoms with Gasteiger partial charge in [0.05, 0.1) is 7.11 Å². The van der Waals surface area contributed by atoms with Crippen molar-refractivity contribution in [1.82, 2.24) is 10.2 Å². The molecule has 6 heteroatoms. The number of carbonyl (C=O) groups is 2. The summed E-state index contributed by atoms with van der Waals surface area (Å²) in [7, 11) is 1.59. The van der Waals surface area contributed by atoms with Crippen molar-refractivity contribution in [2.45, 2.75) is 46.2 Å². The van der Waals surface area contributed by atoms with Gasteiger partial charge in [0.2, 0.25) is 5.91 Å². The molecular formula is C24H32N2O4. The Kier molecular flexibility index (Phi) is 9.19. The Hall–Kier alpha value is -3.02. The van der Waals surface area contributed by atoms with Gasteiger partial charge in [-0.25, -0.2) is 0 Å². The van der Waals surface area contributed by atoms with Gasteiger partial charge in [0, 0.05) is 13.1 Å². The molecular weight excluding hydrogens is 380 g/mol. The summed E-state index contributed by atoms with van der Waals surface area (Å²) < 4.78 is 10.8. The molecule has 2 aromatic carbocycles. The molecule has 0 fully saturated rings. The average Bonchev–Trinajstić information content (AvgIpc) is 2.77. The van der Waals surface area contributed by atoms with Crippen LogP contribution in [0.3, 0.4) is 0 Å². The number of unbranched alkanes of at least 4 members (excludes halogenated alkanes) is 1. The molecule has 0 spiro atoms. The molecule has 2 amide bonds. The molecule has 1 atom stereocenters. The van der Waals surface area contributed by atoms with Gasteiger partial charge in [-0.3, -0.25) is 9.59 Å². The third-order valence-electron chi connectivity index (χ3n) is 4.89. The van der Waals surface area contributed by atoms with Gasteiger partial charge in [-0.05, 0) is 50.1 Å². The predicted molar refractivity (Wildman–Crippen MR) is 118 cm³/mol. The molecule has 1 N–H and O–H groups in total. The molecule has 0 heterocycles. The Balaban J connectivity index is 2.08. The van der Waals surface area contributed by atoms with Crippen LogP contribution in [0.4, 0.5) is 0 Å². The highest BCUT2D eigenvalue weighted by atomic mass is 16.5. The quantitative estimate of drug-likeness (QED) is 0.571. The number of hydrogen-bond donors (Lipinski definition) is 1. The molecule has 0 aliphatic carbocycles. The second kappa shape index (κ2) is 11.9. The van der Waals surface area contributed by atoms with Crippen LogP contribution in [-0.4, -0.2) is 43.0 Å². The first kappa shape index (κ1) is 23.3. The van der Waals surface area contributed by atoms with Crippen molar-refractivity contribution in [3.05, 3.63) is 59.7 Å². The maximum atomic E-state index is 13.0. The van der Waals surface area contributed by atoms with Crippen molar-refractivity contribution >= 4 is 11.8 Å². The smallest absolute Gasteiger partial charge is 0.261 e. The summed E-state index contributed by atoms with van der Waals surface area (Å²) in [6, 6.07) is 14.4. The molecule has 2 rings (SSSR count). The van der Waals surface area contributed by atoms with Gasteiger partial charge in [-0.15, -0.1) is 0 Å². The maximum Gasteiger partial charge on any atom is 0.261 e. The average molecular weight is 413 g/mol. The van der Waals surface area contributed by atoms with Gasteiger partial charge in [-0.1, -0.05) is 43.2 Å². The fraction of sp³-hybridized carbons (Fsp3) is 0.417. The van der Waals surface area contributed by atoms with E-state index in [1.54, 1.807) is 43.2 Å². The molecule has 0 saturated carbocycles. The maximum absolute atomic E-state index is 13.0. The monoisotopic (exact) mass is 412 g/mol. The van der Waals surface area contributed by atoms with Crippen LogP contribution in [0.5, 0.6) is 11.5 Å². The molecule has 2 aromatic rings. The van der Waals surface area contributed by atoms with Crippen molar-refractivity contribution in [3.63, 3.8) is 0 Å². The number of nitrogens with one attached hydrogen (secondary N) is 1. The number of aryl methyl sites for hydroxylation is 1. The molecule has 0 aliphatic rings. The van der Waals surface area contributed by atoms with E-state index in [0.717, 1.165) is 24.0 Å². The lowest BCUT2D eigenvalue weighted by Gasteiger charge is -2.28. The van der Waals surface area contributed by atoms with Crippen LogP contribution in [0.2, 0.25) is 0 Å². The Labute approximate surface area is 179 Å². The van der Waals surface area contributed by atoms with Gasteiger partial charge in [0.15, 0.2) is 6.61 Å². The summed E-state index contributed by atoms with van der Waals surface area (Å²) in [4.78, 5) is 27.1.